The zero-order valence-electron chi connectivity index (χ0n) is 15.7. The van der Waals surface area contributed by atoms with Gasteiger partial charge in [0.05, 0.1) is 17.3 Å². The predicted octanol–water partition coefficient (Wildman–Crippen LogP) is 2.07. The van der Waals surface area contributed by atoms with Crippen molar-refractivity contribution in [3.05, 3.63) is 29.8 Å². The lowest BCUT2D eigenvalue weighted by Crippen LogP contribution is -2.51. The molecule has 1 aliphatic carbocycles. The van der Waals surface area contributed by atoms with Gasteiger partial charge in [0.25, 0.3) is 0 Å². The lowest BCUT2D eigenvalue weighted by molar-refractivity contribution is -0.140. The highest BCUT2D eigenvalue weighted by Gasteiger charge is 2.65. The van der Waals surface area contributed by atoms with Crippen LogP contribution in [0, 0.1) is 17.3 Å². The highest BCUT2D eigenvalue weighted by atomic mass is 16.4. The van der Waals surface area contributed by atoms with Crippen LogP contribution in [0.25, 0.3) is 0 Å². The van der Waals surface area contributed by atoms with E-state index in [9.17, 15) is 24.3 Å². The quantitative estimate of drug-likeness (QED) is 0.685. The van der Waals surface area contributed by atoms with Crippen molar-refractivity contribution >= 4 is 29.4 Å². The summed E-state index contributed by atoms with van der Waals surface area (Å²) in [4.78, 5) is 47.6. The first-order valence-electron chi connectivity index (χ1n) is 9.12. The molecule has 1 heterocycles. The molecule has 1 aromatic carbocycles. The zero-order valence-corrected chi connectivity index (χ0v) is 15.7. The molecule has 0 radical (unpaired) electrons. The maximum absolute atomic E-state index is 12.4. The van der Waals surface area contributed by atoms with E-state index in [2.05, 4.69) is 10.6 Å². The molecule has 1 saturated carbocycles. The number of carboxylic acids is 1. The molecule has 1 aliphatic heterocycles. The molecular weight excluding hydrogens is 348 g/mol. The summed E-state index contributed by atoms with van der Waals surface area (Å²) in [7, 11) is 0. The summed E-state index contributed by atoms with van der Waals surface area (Å²) in [6, 6.07) is 6.97. The van der Waals surface area contributed by atoms with Gasteiger partial charge in [0.2, 0.25) is 17.7 Å². The number of nitrogens with one attached hydrogen (secondary N) is 2. The van der Waals surface area contributed by atoms with E-state index in [0.717, 1.165) is 5.56 Å². The van der Waals surface area contributed by atoms with Gasteiger partial charge in [-0.1, -0.05) is 32.9 Å². The van der Waals surface area contributed by atoms with Crippen LogP contribution in [-0.2, 0) is 24.6 Å². The Bertz CT molecular complexity index is 814. The van der Waals surface area contributed by atoms with Crippen molar-refractivity contribution in [3.63, 3.8) is 0 Å². The van der Waals surface area contributed by atoms with E-state index in [4.69, 9.17) is 0 Å². The van der Waals surface area contributed by atoms with Crippen LogP contribution in [-0.4, -0.2) is 28.8 Å². The topological polar surface area (TPSA) is 113 Å². The third kappa shape index (κ3) is 3.11. The number of hydrogen-bond acceptors (Lipinski definition) is 4. The van der Waals surface area contributed by atoms with E-state index in [-0.39, 0.29) is 17.7 Å². The van der Waals surface area contributed by atoms with Crippen molar-refractivity contribution in [2.75, 3.05) is 5.32 Å². The molecule has 3 rings (SSSR count). The average Bonchev–Trinajstić information content (AvgIpc) is 3.19. The van der Waals surface area contributed by atoms with E-state index in [1.54, 1.807) is 38.1 Å². The number of carbonyl (C=O) groups excluding carboxylic acids is 3. The molecule has 0 spiro atoms. The van der Waals surface area contributed by atoms with Crippen LogP contribution in [0.4, 0.5) is 5.69 Å². The Morgan fingerprint density at radius 2 is 1.81 bits per heavy atom. The van der Waals surface area contributed by atoms with Gasteiger partial charge in [0, 0.05) is 12.1 Å². The van der Waals surface area contributed by atoms with Gasteiger partial charge in [-0.15, -0.1) is 0 Å². The number of carboxylic acid groups (broad SMARTS) is 1. The molecule has 144 valence electrons. The highest BCUT2D eigenvalue weighted by molar-refractivity contribution is 6.03. The first-order chi connectivity index (χ1) is 12.6. The second kappa shape index (κ2) is 6.48. The van der Waals surface area contributed by atoms with Crippen molar-refractivity contribution in [2.24, 2.45) is 17.3 Å². The SMILES string of the molecule is CC[C@]1(c2ccc(NC(=O)[C@H]3[C@@H](C(=O)O)C3(C)C)cc2)CCC(=O)NC1=O. The zero-order chi connectivity index (χ0) is 20.0. The summed E-state index contributed by atoms with van der Waals surface area (Å²) in [5.41, 5.74) is 0.0374. The minimum absolute atomic E-state index is 0.256. The molecule has 2 fully saturated rings. The smallest absolute Gasteiger partial charge is 0.307 e. The van der Waals surface area contributed by atoms with Gasteiger partial charge in [-0.25, -0.2) is 0 Å². The van der Waals surface area contributed by atoms with Crippen LogP contribution in [0.1, 0.15) is 45.6 Å². The van der Waals surface area contributed by atoms with Crippen LogP contribution < -0.4 is 10.6 Å². The molecule has 0 unspecified atom stereocenters. The van der Waals surface area contributed by atoms with Gasteiger partial charge in [0.1, 0.15) is 0 Å². The Hall–Kier alpha value is -2.70. The van der Waals surface area contributed by atoms with E-state index in [1.165, 1.54) is 0 Å². The summed E-state index contributed by atoms with van der Waals surface area (Å²) in [5.74, 6) is -3.06. The molecule has 7 heteroatoms. The largest absolute Gasteiger partial charge is 0.481 e. The van der Waals surface area contributed by atoms with Crippen LogP contribution in [0.5, 0.6) is 0 Å². The number of aliphatic carboxylic acids is 1. The lowest BCUT2D eigenvalue weighted by Gasteiger charge is -2.35. The lowest BCUT2D eigenvalue weighted by atomic mass is 9.72. The number of imide groups is 1. The number of hydrogen-bond donors (Lipinski definition) is 3. The van der Waals surface area contributed by atoms with Crippen molar-refractivity contribution in [1.82, 2.24) is 5.32 Å². The molecule has 3 amide bonds. The van der Waals surface area contributed by atoms with Crippen molar-refractivity contribution < 1.29 is 24.3 Å². The summed E-state index contributed by atoms with van der Waals surface area (Å²) in [5, 5.41) is 14.4. The minimum Gasteiger partial charge on any atom is -0.481 e. The Morgan fingerprint density at radius 1 is 1.19 bits per heavy atom. The highest BCUT2D eigenvalue weighted by Crippen LogP contribution is 2.58. The Labute approximate surface area is 157 Å². The normalized spacial score (nSPS) is 29.0. The Kier molecular flexibility index (Phi) is 4.57. The maximum Gasteiger partial charge on any atom is 0.307 e. The number of rotatable bonds is 5. The molecule has 2 aliphatic rings. The predicted molar refractivity (Wildman–Crippen MR) is 97.8 cm³/mol. The Morgan fingerprint density at radius 3 is 2.30 bits per heavy atom. The van der Waals surface area contributed by atoms with Crippen LogP contribution in [0.3, 0.4) is 0 Å². The molecule has 1 aromatic rings. The third-order valence-corrected chi connectivity index (χ3v) is 6.15. The molecule has 0 bridgehead atoms. The summed E-state index contributed by atoms with van der Waals surface area (Å²) >= 11 is 0. The second-order valence-corrected chi connectivity index (χ2v) is 7.99. The number of piperidine rings is 1. The third-order valence-electron chi connectivity index (χ3n) is 6.15. The molecule has 3 N–H and O–H groups in total. The Balaban J connectivity index is 1.74. The summed E-state index contributed by atoms with van der Waals surface area (Å²) < 4.78 is 0. The summed E-state index contributed by atoms with van der Waals surface area (Å²) in [6.45, 7) is 5.45. The van der Waals surface area contributed by atoms with Crippen LogP contribution >= 0.6 is 0 Å². The number of amides is 3. The molecule has 3 atom stereocenters. The van der Waals surface area contributed by atoms with Crippen LogP contribution in [0.15, 0.2) is 24.3 Å². The maximum atomic E-state index is 12.4. The standard InChI is InChI=1S/C20H24N2O5/c1-4-20(10-9-13(23)22-18(20)27)11-5-7-12(8-6-11)21-16(24)14-15(17(25)26)19(14,2)3/h5-8,14-15H,4,9-10H2,1-3H3,(H,21,24)(H,25,26)(H,22,23,27)/t14-,15+,20-/m1/s1. The van der Waals surface area contributed by atoms with E-state index in [0.29, 0.717) is 24.9 Å². The molecule has 7 nitrogen and oxygen atoms in total. The monoisotopic (exact) mass is 372 g/mol. The molecular formula is C20H24N2O5. The van der Waals surface area contributed by atoms with Crippen molar-refractivity contribution in [1.29, 1.82) is 0 Å². The fraction of sp³-hybridized carbons (Fsp3) is 0.500. The first kappa shape index (κ1) is 19.1. The van der Waals surface area contributed by atoms with Gasteiger partial charge < -0.3 is 10.4 Å². The van der Waals surface area contributed by atoms with Crippen molar-refractivity contribution in [3.8, 4) is 0 Å². The van der Waals surface area contributed by atoms with Crippen LogP contribution in [0.2, 0.25) is 0 Å². The van der Waals surface area contributed by atoms with Gasteiger partial charge in [-0.05, 0) is 36.0 Å². The van der Waals surface area contributed by atoms with Crippen molar-refractivity contribution in [2.45, 2.75) is 45.4 Å². The fourth-order valence-electron chi connectivity index (χ4n) is 4.25. The van der Waals surface area contributed by atoms with Gasteiger partial charge in [-0.2, -0.15) is 0 Å². The van der Waals surface area contributed by atoms with Gasteiger partial charge in [-0.3, -0.25) is 24.5 Å². The average molecular weight is 372 g/mol. The second-order valence-electron chi connectivity index (χ2n) is 7.99. The van der Waals surface area contributed by atoms with E-state index in [1.807, 2.05) is 6.92 Å². The molecule has 27 heavy (non-hydrogen) atoms. The molecule has 1 saturated heterocycles. The number of anilines is 1. The fourth-order valence-corrected chi connectivity index (χ4v) is 4.25. The molecule has 0 aromatic heterocycles. The van der Waals surface area contributed by atoms with Gasteiger partial charge in [0.15, 0.2) is 0 Å². The van der Waals surface area contributed by atoms with Gasteiger partial charge >= 0.3 is 5.97 Å². The number of benzene rings is 1. The minimum atomic E-state index is -0.960. The first-order valence-corrected chi connectivity index (χ1v) is 9.12. The van der Waals surface area contributed by atoms with E-state index >= 15 is 0 Å². The number of carbonyl (C=O) groups is 4. The summed E-state index contributed by atoms with van der Waals surface area (Å²) in [6.07, 6.45) is 1.32. The van der Waals surface area contributed by atoms with E-state index < -0.39 is 28.6 Å².